The van der Waals surface area contributed by atoms with Crippen LogP contribution in [0, 0.1) is 18.6 Å². The van der Waals surface area contributed by atoms with Gasteiger partial charge in [-0.05, 0) is 54.5 Å². The third kappa shape index (κ3) is 3.18. The van der Waals surface area contributed by atoms with E-state index in [-0.39, 0.29) is 11.6 Å². The van der Waals surface area contributed by atoms with Crippen LogP contribution in [0.4, 0.5) is 8.78 Å². The van der Waals surface area contributed by atoms with E-state index in [0.717, 1.165) is 27.5 Å². The Hall–Kier alpha value is -3.80. The first-order chi connectivity index (χ1) is 14.1. The van der Waals surface area contributed by atoms with E-state index in [1.807, 2.05) is 37.3 Å². The number of aromatic nitrogens is 4. The summed E-state index contributed by atoms with van der Waals surface area (Å²) in [5.74, 6) is -0.195. The fourth-order valence-corrected chi connectivity index (χ4v) is 3.37. The molecular weight excluding hydrogens is 370 g/mol. The van der Waals surface area contributed by atoms with Gasteiger partial charge in [0.2, 0.25) is 0 Å². The number of fused-ring (bicyclic) bond motifs is 2. The van der Waals surface area contributed by atoms with E-state index < -0.39 is 0 Å². The van der Waals surface area contributed by atoms with Crippen molar-refractivity contribution in [2.24, 2.45) is 0 Å². The van der Waals surface area contributed by atoms with E-state index in [1.165, 1.54) is 18.2 Å². The molecule has 5 rings (SSSR count). The van der Waals surface area contributed by atoms with Crippen molar-refractivity contribution in [2.45, 2.75) is 6.92 Å². The van der Waals surface area contributed by atoms with Gasteiger partial charge in [-0.3, -0.25) is 5.10 Å². The smallest absolute Gasteiger partial charge is 0.141 e. The van der Waals surface area contributed by atoms with Gasteiger partial charge in [-0.2, -0.15) is 5.10 Å². The summed E-state index contributed by atoms with van der Waals surface area (Å²) in [5, 5.41) is 7.90. The Balaban J connectivity index is 1.58. The average Bonchev–Trinajstić information content (AvgIpc) is 3.30. The molecular formula is C23H16F2N4. The van der Waals surface area contributed by atoms with E-state index in [9.17, 15) is 8.78 Å². The van der Waals surface area contributed by atoms with E-state index in [0.29, 0.717) is 22.6 Å². The van der Waals surface area contributed by atoms with Crippen molar-refractivity contribution < 1.29 is 8.78 Å². The molecule has 0 aliphatic carbocycles. The van der Waals surface area contributed by atoms with E-state index in [4.69, 9.17) is 0 Å². The highest BCUT2D eigenvalue weighted by Crippen LogP contribution is 2.29. The second-order valence-electron chi connectivity index (χ2n) is 6.98. The lowest BCUT2D eigenvalue weighted by Crippen LogP contribution is -1.87. The predicted octanol–water partition coefficient (Wildman–Crippen LogP) is 5.86. The molecule has 2 N–H and O–H groups in total. The van der Waals surface area contributed by atoms with Crippen molar-refractivity contribution in [1.82, 2.24) is 20.2 Å². The number of nitrogens with zero attached hydrogens (tertiary/aromatic N) is 2. The highest BCUT2D eigenvalue weighted by Gasteiger charge is 2.14. The van der Waals surface area contributed by atoms with Gasteiger partial charge < -0.3 is 4.98 Å². The number of aryl methyl sites for hydroxylation is 1. The number of hydrogen-bond acceptors (Lipinski definition) is 2. The normalized spacial score (nSPS) is 11.8. The molecule has 6 heteroatoms. The van der Waals surface area contributed by atoms with Crippen molar-refractivity contribution in [3.63, 3.8) is 0 Å². The minimum atomic E-state index is -0.383. The Labute approximate surface area is 164 Å². The molecule has 3 aromatic carbocycles. The number of benzene rings is 3. The molecule has 0 bridgehead atoms. The van der Waals surface area contributed by atoms with Crippen molar-refractivity contribution in [3.05, 3.63) is 83.1 Å². The number of hydrogen-bond donors (Lipinski definition) is 2. The zero-order chi connectivity index (χ0) is 20.0. The highest BCUT2D eigenvalue weighted by molar-refractivity contribution is 5.93. The molecule has 0 aliphatic rings. The van der Waals surface area contributed by atoms with Crippen LogP contribution in [0.5, 0.6) is 0 Å². The van der Waals surface area contributed by atoms with Gasteiger partial charge in [0.15, 0.2) is 0 Å². The Morgan fingerprint density at radius 2 is 1.72 bits per heavy atom. The van der Waals surface area contributed by atoms with Gasteiger partial charge in [0.1, 0.15) is 17.5 Å². The zero-order valence-corrected chi connectivity index (χ0v) is 15.5. The fraction of sp³-hybridized carbons (Fsp3) is 0.0435. The number of aromatic amines is 2. The predicted molar refractivity (Wildman–Crippen MR) is 111 cm³/mol. The molecule has 0 spiro atoms. The van der Waals surface area contributed by atoms with Crippen LogP contribution in [0.2, 0.25) is 0 Å². The zero-order valence-electron chi connectivity index (χ0n) is 15.5. The molecule has 142 valence electrons. The molecule has 2 heterocycles. The lowest BCUT2D eigenvalue weighted by atomic mass is 10.1. The van der Waals surface area contributed by atoms with Crippen molar-refractivity contribution in [3.8, 4) is 11.4 Å². The van der Waals surface area contributed by atoms with Gasteiger partial charge in [0.05, 0.1) is 27.8 Å². The third-order valence-corrected chi connectivity index (χ3v) is 4.88. The van der Waals surface area contributed by atoms with Crippen LogP contribution in [0.3, 0.4) is 0 Å². The van der Waals surface area contributed by atoms with Gasteiger partial charge in [-0.25, -0.2) is 13.8 Å². The summed E-state index contributed by atoms with van der Waals surface area (Å²) in [6.07, 6.45) is 3.65. The first kappa shape index (κ1) is 17.3. The molecule has 0 fully saturated rings. The maximum atomic E-state index is 14.7. The van der Waals surface area contributed by atoms with Crippen LogP contribution in [0.15, 0.2) is 54.6 Å². The summed E-state index contributed by atoms with van der Waals surface area (Å²) >= 11 is 0. The Morgan fingerprint density at radius 3 is 2.55 bits per heavy atom. The molecule has 0 aliphatic heterocycles. The van der Waals surface area contributed by atoms with Gasteiger partial charge in [-0.15, -0.1) is 0 Å². The van der Waals surface area contributed by atoms with Crippen molar-refractivity contribution in [1.29, 1.82) is 0 Å². The number of nitrogens with one attached hydrogen (secondary N) is 2. The molecule has 0 saturated heterocycles. The summed E-state index contributed by atoms with van der Waals surface area (Å²) in [6, 6.07) is 15.2. The average molecular weight is 386 g/mol. The molecule has 0 saturated carbocycles. The summed E-state index contributed by atoms with van der Waals surface area (Å²) in [4.78, 5) is 7.73. The molecule has 5 aromatic rings. The molecule has 4 nitrogen and oxygen atoms in total. The van der Waals surface area contributed by atoms with Crippen LogP contribution in [-0.4, -0.2) is 20.2 Å². The van der Waals surface area contributed by atoms with Gasteiger partial charge in [-0.1, -0.05) is 24.3 Å². The second-order valence-corrected chi connectivity index (χ2v) is 6.98. The largest absolute Gasteiger partial charge is 0.338 e. The van der Waals surface area contributed by atoms with E-state index in [1.54, 1.807) is 18.2 Å². The van der Waals surface area contributed by atoms with E-state index >= 15 is 0 Å². The topological polar surface area (TPSA) is 57.4 Å². The molecule has 0 radical (unpaired) electrons. The summed E-state index contributed by atoms with van der Waals surface area (Å²) < 4.78 is 27.8. The SMILES string of the molecule is Cc1ccc2nc(-c3cc4c(C=Cc5ccc(F)cc5)n[nH]c4cc3F)[nH]c2c1. The van der Waals surface area contributed by atoms with Crippen LogP contribution in [0.1, 0.15) is 16.8 Å². The number of H-pyrrole nitrogens is 2. The lowest BCUT2D eigenvalue weighted by molar-refractivity contribution is 0.627. The van der Waals surface area contributed by atoms with Gasteiger partial charge in [0.25, 0.3) is 0 Å². The Morgan fingerprint density at radius 1 is 0.897 bits per heavy atom. The maximum absolute atomic E-state index is 14.7. The van der Waals surface area contributed by atoms with Crippen LogP contribution in [-0.2, 0) is 0 Å². The summed E-state index contributed by atoms with van der Waals surface area (Å²) in [7, 11) is 0. The van der Waals surface area contributed by atoms with Gasteiger partial charge in [0, 0.05) is 11.5 Å². The third-order valence-electron chi connectivity index (χ3n) is 4.88. The Bertz CT molecular complexity index is 1380. The minimum Gasteiger partial charge on any atom is -0.338 e. The number of halogens is 2. The van der Waals surface area contributed by atoms with Crippen LogP contribution >= 0.6 is 0 Å². The fourth-order valence-electron chi connectivity index (χ4n) is 3.37. The molecule has 0 unspecified atom stereocenters. The molecule has 2 aromatic heterocycles. The molecule has 0 amide bonds. The summed E-state index contributed by atoms with van der Waals surface area (Å²) in [5.41, 5.74) is 5.24. The monoisotopic (exact) mass is 386 g/mol. The quantitative estimate of drug-likeness (QED) is 0.408. The minimum absolute atomic E-state index is 0.284. The number of rotatable bonds is 3. The lowest BCUT2D eigenvalue weighted by Gasteiger charge is -2.00. The first-order valence-electron chi connectivity index (χ1n) is 9.15. The van der Waals surface area contributed by atoms with Crippen molar-refractivity contribution in [2.75, 3.05) is 0 Å². The summed E-state index contributed by atoms with van der Waals surface area (Å²) in [6.45, 7) is 2.00. The number of imidazole rings is 1. The van der Waals surface area contributed by atoms with E-state index in [2.05, 4.69) is 20.2 Å². The standard InChI is InChI=1S/C23H16F2N4/c1-13-2-8-20-22(10-13)27-23(26-20)16-11-17-19(28-29-21(17)12-18(16)25)9-5-14-3-6-15(24)7-4-14/h2-12H,1H3,(H,26,27)(H,28,29). The molecule has 29 heavy (non-hydrogen) atoms. The molecule has 0 atom stereocenters. The van der Waals surface area contributed by atoms with Crippen LogP contribution < -0.4 is 0 Å². The first-order valence-corrected chi connectivity index (χ1v) is 9.15. The van der Waals surface area contributed by atoms with Crippen molar-refractivity contribution >= 4 is 34.1 Å². The van der Waals surface area contributed by atoms with Crippen LogP contribution in [0.25, 0.3) is 45.5 Å². The van der Waals surface area contributed by atoms with Gasteiger partial charge >= 0.3 is 0 Å². The Kier molecular flexibility index (Phi) is 3.98. The second kappa shape index (κ2) is 6.67. The maximum Gasteiger partial charge on any atom is 0.141 e. The highest BCUT2D eigenvalue weighted by atomic mass is 19.1.